The van der Waals surface area contributed by atoms with Crippen molar-refractivity contribution < 1.29 is 27.1 Å². The minimum absolute atomic E-state index is 0.177. The van der Waals surface area contributed by atoms with Gasteiger partial charge in [0.2, 0.25) is 0 Å². The highest BCUT2D eigenvalue weighted by Crippen LogP contribution is 2.28. The van der Waals surface area contributed by atoms with Crippen molar-refractivity contribution in [1.29, 1.82) is 0 Å². The van der Waals surface area contributed by atoms with Gasteiger partial charge >= 0.3 is 12.5 Å². The molecule has 1 aromatic carbocycles. The first kappa shape index (κ1) is 15.5. The average Bonchev–Trinajstić information content (AvgIpc) is 2.35. The average molecular weight is 278 g/mol. The third-order valence-electron chi connectivity index (χ3n) is 2.42. The fourth-order valence-corrected chi connectivity index (χ4v) is 1.42. The maximum Gasteiger partial charge on any atom is 0.461 e. The number of carbonyl (C=O) groups excluding carboxylic acids is 1. The normalized spacial score (nSPS) is 11.7. The third-order valence-corrected chi connectivity index (χ3v) is 2.42. The van der Waals surface area contributed by atoms with Crippen LogP contribution in [0, 0.1) is 0 Å². The van der Waals surface area contributed by atoms with E-state index in [2.05, 4.69) is 4.74 Å². The van der Waals surface area contributed by atoms with Crippen molar-refractivity contribution in [1.82, 2.24) is 0 Å². The number of ketones is 1. The van der Waals surface area contributed by atoms with E-state index in [0.717, 1.165) is 18.6 Å². The maximum atomic E-state index is 12.7. The van der Waals surface area contributed by atoms with Gasteiger partial charge in [-0.05, 0) is 18.6 Å². The van der Waals surface area contributed by atoms with Crippen molar-refractivity contribution in [2.24, 2.45) is 0 Å². The lowest BCUT2D eigenvalue weighted by Gasteiger charge is -2.17. The number of ether oxygens (including phenoxy) is 1. The van der Waals surface area contributed by atoms with Crippen LogP contribution >= 0.6 is 0 Å². The molecule has 0 spiro atoms. The number of Topliss-reactive ketones (excluding diaryl/α,β-unsaturated/α-hetero) is 1. The van der Waals surface area contributed by atoms with Gasteiger partial charge in [-0.3, -0.25) is 4.79 Å². The van der Waals surface area contributed by atoms with Gasteiger partial charge in [0.15, 0.2) is 5.78 Å². The van der Waals surface area contributed by atoms with Crippen molar-refractivity contribution in [2.75, 3.05) is 0 Å². The molecule has 2 nitrogen and oxygen atoms in total. The fourth-order valence-electron chi connectivity index (χ4n) is 1.42. The Morgan fingerprint density at radius 2 is 2.05 bits per heavy atom. The number of unbranched alkanes of at least 4 members (excludes halogenated alkanes) is 1. The molecule has 0 bridgehead atoms. The van der Waals surface area contributed by atoms with Crippen molar-refractivity contribution in [3.8, 4) is 5.75 Å². The molecule has 1 aromatic rings. The molecule has 0 unspecified atom stereocenters. The van der Waals surface area contributed by atoms with Crippen LogP contribution in [0.5, 0.6) is 5.75 Å². The molecule has 0 fully saturated rings. The van der Waals surface area contributed by atoms with E-state index in [1.54, 1.807) is 0 Å². The quantitative estimate of drug-likeness (QED) is 0.549. The van der Waals surface area contributed by atoms with Gasteiger partial charge in [0.1, 0.15) is 5.75 Å². The lowest BCUT2D eigenvalue weighted by atomic mass is 10.1. The fraction of sp³-hybridized carbons (Fsp3) is 0.462. The van der Waals surface area contributed by atoms with Crippen LogP contribution in [0.25, 0.3) is 0 Å². The zero-order valence-electron chi connectivity index (χ0n) is 10.3. The maximum absolute atomic E-state index is 12.7. The van der Waals surface area contributed by atoms with Crippen LogP contribution in [0.1, 0.15) is 36.5 Å². The standard InChI is InChI=1S/C13H14F4O2/c1-2-3-7-11(18)9-5-4-6-10(8-9)19-13(16,17)12(14)15/h4-6,8,12H,2-3,7H2,1H3. The van der Waals surface area contributed by atoms with Crippen LogP contribution in [0.15, 0.2) is 24.3 Å². The Kier molecular flexibility index (Phi) is 5.32. The summed E-state index contributed by atoms with van der Waals surface area (Å²) in [6.45, 7) is 1.91. The summed E-state index contributed by atoms with van der Waals surface area (Å²) in [6, 6.07) is 4.91. The predicted octanol–water partition coefficient (Wildman–Crippen LogP) is 4.30. The lowest BCUT2D eigenvalue weighted by molar-refractivity contribution is -0.253. The van der Waals surface area contributed by atoms with E-state index in [9.17, 15) is 22.4 Å². The van der Waals surface area contributed by atoms with E-state index in [0.29, 0.717) is 6.42 Å². The molecule has 0 N–H and O–H groups in total. The van der Waals surface area contributed by atoms with Crippen LogP contribution in [0.2, 0.25) is 0 Å². The summed E-state index contributed by atoms with van der Waals surface area (Å²) in [4.78, 5) is 11.7. The number of hydrogen-bond acceptors (Lipinski definition) is 2. The first-order chi connectivity index (χ1) is 8.86. The number of alkyl halides is 4. The molecule has 0 aliphatic heterocycles. The molecule has 0 radical (unpaired) electrons. The molecular weight excluding hydrogens is 264 g/mol. The number of rotatable bonds is 7. The van der Waals surface area contributed by atoms with Gasteiger partial charge in [-0.15, -0.1) is 0 Å². The Bertz CT molecular complexity index is 432. The smallest absolute Gasteiger partial charge is 0.428 e. The predicted molar refractivity (Wildman–Crippen MR) is 61.9 cm³/mol. The Labute approximate surface area is 108 Å². The summed E-state index contributed by atoms with van der Waals surface area (Å²) in [5.74, 6) is -0.680. The van der Waals surface area contributed by atoms with Gasteiger partial charge in [-0.25, -0.2) is 0 Å². The van der Waals surface area contributed by atoms with E-state index in [4.69, 9.17) is 0 Å². The Hall–Kier alpha value is -1.59. The van der Waals surface area contributed by atoms with Gasteiger partial charge in [0.25, 0.3) is 0 Å². The molecule has 0 amide bonds. The van der Waals surface area contributed by atoms with E-state index in [1.807, 2.05) is 6.92 Å². The van der Waals surface area contributed by atoms with Crippen LogP contribution in [-0.2, 0) is 0 Å². The minimum atomic E-state index is -4.56. The highest BCUT2D eigenvalue weighted by Gasteiger charge is 2.44. The van der Waals surface area contributed by atoms with Gasteiger partial charge in [-0.1, -0.05) is 25.5 Å². The number of benzene rings is 1. The highest BCUT2D eigenvalue weighted by molar-refractivity contribution is 5.96. The van der Waals surface area contributed by atoms with Gasteiger partial charge in [0.05, 0.1) is 0 Å². The van der Waals surface area contributed by atoms with Crippen LogP contribution in [0.4, 0.5) is 17.6 Å². The summed E-state index contributed by atoms with van der Waals surface area (Å²) in [5, 5.41) is 0. The zero-order valence-corrected chi connectivity index (χ0v) is 10.3. The topological polar surface area (TPSA) is 26.3 Å². The largest absolute Gasteiger partial charge is 0.461 e. The number of carbonyl (C=O) groups is 1. The molecule has 1 rings (SSSR count). The molecule has 0 heterocycles. The van der Waals surface area contributed by atoms with Crippen molar-refractivity contribution in [3.05, 3.63) is 29.8 Å². The van der Waals surface area contributed by atoms with E-state index in [-0.39, 0.29) is 17.8 Å². The highest BCUT2D eigenvalue weighted by atomic mass is 19.3. The summed E-state index contributed by atoms with van der Waals surface area (Å²) in [5.41, 5.74) is 0.177. The monoisotopic (exact) mass is 278 g/mol. The van der Waals surface area contributed by atoms with Crippen LogP contribution in [-0.4, -0.2) is 18.3 Å². The SMILES string of the molecule is CCCCC(=O)c1cccc(OC(F)(F)C(F)F)c1. The number of halogens is 4. The molecule has 19 heavy (non-hydrogen) atoms. The molecule has 0 atom stereocenters. The summed E-state index contributed by atoms with van der Waals surface area (Å²) >= 11 is 0. The Morgan fingerprint density at radius 3 is 2.63 bits per heavy atom. The molecule has 0 saturated carbocycles. The molecule has 0 saturated heterocycles. The molecule has 0 aromatic heterocycles. The molecule has 6 heteroatoms. The Balaban J connectivity index is 2.80. The minimum Gasteiger partial charge on any atom is -0.428 e. The van der Waals surface area contributed by atoms with Crippen molar-refractivity contribution >= 4 is 5.78 Å². The Morgan fingerprint density at radius 1 is 1.37 bits per heavy atom. The summed E-state index contributed by atoms with van der Waals surface area (Å²) in [6.07, 6.45) is -6.70. The van der Waals surface area contributed by atoms with Gasteiger partial charge in [0, 0.05) is 12.0 Å². The molecule has 0 aliphatic carbocycles. The molecule has 106 valence electrons. The number of hydrogen-bond donors (Lipinski definition) is 0. The van der Waals surface area contributed by atoms with Crippen LogP contribution < -0.4 is 4.74 Å². The van der Waals surface area contributed by atoms with Gasteiger partial charge in [-0.2, -0.15) is 17.6 Å². The molecule has 0 aliphatic rings. The second kappa shape index (κ2) is 6.54. The van der Waals surface area contributed by atoms with Crippen molar-refractivity contribution in [3.63, 3.8) is 0 Å². The van der Waals surface area contributed by atoms with Crippen LogP contribution in [0.3, 0.4) is 0 Å². The van der Waals surface area contributed by atoms with E-state index >= 15 is 0 Å². The van der Waals surface area contributed by atoms with Gasteiger partial charge < -0.3 is 4.74 Å². The molecular formula is C13H14F4O2. The summed E-state index contributed by atoms with van der Waals surface area (Å²) in [7, 11) is 0. The third kappa shape index (κ3) is 4.54. The second-order valence-corrected chi connectivity index (χ2v) is 4.02. The summed E-state index contributed by atoms with van der Waals surface area (Å²) < 4.78 is 53.3. The van der Waals surface area contributed by atoms with E-state index in [1.165, 1.54) is 12.1 Å². The van der Waals surface area contributed by atoms with E-state index < -0.39 is 18.3 Å². The van der Waals surface area contributed by atoms with Crippen molar-refractivity contribution in [2.45, 2.75) is 38.7 Å². The zero-order chi connectivity index (χ0) is 14.5. The second-order valence-electron chi connectivity index (χ2n) is 4.02. The lowest BCUT2D eigenvalue weighted by Crippen LogP contribution is -2.33. The first-order valence-electron chi connectivity index (χ1n) is 5.85. The first-order valence-corrected chi connectivity index (χ1v) is 5.85.